The van der Waals surface area contributed by atoms with Gasteiger partial charge in [0.25, 0.3) is 0 Å². The van der Waals surface area contributed by atoms with Crippen molar-refractivity contribution in [3.63, 3.8) is 0 Å². The Morgan fingerprint density at radius 2 is 1.82 bits per heavy atom. The zero-order chi connectivity index (χ0) is 27.8. The van der Waals surface area contributed by atoms with Gasteiger partial charge >= 0.3 is 0 Å². The molecule has 1 atom stereocenters. The van der Waals surface area contributed by atoms with Gasteiger partial charge in [-0.15, -0.1) is 0 Å². The molecule has 39 heavy (non-hydrogen) atoms. The third-order valence-corrected chi connectivity index (χ3v) is 8.48. The van der Waals surface area contributed by atoms with Crippen LogP contribution >= 0.6 is 46.3 Å². The molecule has 0 fully saturated rings. The van der Waals surface area contributed by atoms with Crippen molar-refractivity contribution in [1.29, 1.82) is 0 Å². The highest BCUT2D eigenvalue weighted by atomic mass is 127. The maximum Gasteiger partial charge on any atom is 0.216 e. The van der Waals surface area contributed by atoms with Crippen molar-refractivity contribution in [3.8, 4) is 23.1 Å². The lowest BCUT2D eigenvalue weighted by Crippen LogP contribution is -2.06. The Morgan fingerprint density at radius 3 is 2.56 bits per heavy atom. The van der Waals surface area contributed by atoms with Crippen molar-refractivity contribution < 1.29 is 27.0 Å². The van der Waals surface area contributed by atoms with Crippen LogP contribution in [0.4, 0.5) is 17.6 Å². The van der Waals surface area contributed by atoms with Crippen molar-refractivity contribution in [2.75, 3.05) is 6.61 Å². The number of ether oxygens (including phenoxy) is 2. The van der Waals surface area contributed by atoms with Gasteiger partial charge in [-0.2, -0.15) is 9.78 Å². The Hall–Kier alpha value is -2.71. The molecule has 0 aliphatic heterocycles. The Kier molecular flexibility index (Phi) is 8.15. The van der Waals surface area contributed by atoms with Gasteiger partial charge in [0.15, 0.2) is 17.4 Å². The maximum atomic E-state index is 15.2. The van der Waals surface area contributed by atoms with Gasteiger partial charge in [0, 0.05) is 66.0 Å². The van der Waals surface area contributed by atoms with E-state index in [1.165, 1.54) is 38.1 Å². The van der Waals surface area contributed by atoms with Gasteiger partial charge in [0.1, 0.15) is 23.1 Å². The van der Waals surface area contributed by atoms with Crippen molar-refractivity contribution in [2.45, 2.75) is 19.8 Å². The van der Waals surface area contributed by atoms with Crippen LogP contribution in [-0.2, 0) is 0 Å². The smallest absolute Gasteiger partial charge is 0.216 e. The number of benzene rings is 3. The number of aromatic nitrogens is 3. The molecule has 3 aromatic carbocycles. The van der Waals surface area contributed by atoms with E-state index < -0.39 is 34.9 Å². The molecule has 0 spiro atoms. The fourth-order valence-corrected chi connectivity index (χ4v) is 5.93. The van der Waals surface area contributed by atoms with E-state index in [4.69, 9.17) is 9.47 Å². The number of nitrogens with zero attached hydrogens (tertiary/aromatic N) is 3. The standard InChI is InChI=1S/C27H19BrF4IN3O2S/c1-3-37-24-13-21(14(2)16-5-4-6-18(28)25(16)31)34-36(24)23-11-15(7-8-19(23)29)38-27-20(30)12-22-17(26(27)32)9-10-35(22)39-33/h4-14H,3H2,1-2H3. The van der Waals surface area contributed by atoms with Crippen LogP contribution in [0.15, 0.2) is 65.3 Å². The highest BCUT2D eigenvalue weighted by Crippen LogP contribution is 2.37. The van der Waals surface area contributed by atoms with Crippen molar-refractivity contribution in [1.82, 2.24) is 13.8 Å². The van der Waals surface area contributed by atoms with Gasteiger partial charge in [-0.1, -0.05) is 19.1 Å². The van der Waals surface area contributed by atoms with Gasteiger partial charge in [-0.3, -0.25) is 3.97 Å². The second-order valence-electron chi connectivity index (χ2n) is 8.48. The minimum absolute atomic E-state index is 0.0168. The first-order valence-corrected chi connectivity index (χ1v) is 15.8. The average molecular weight is 732 g/mol. The van der Waals surface area contributed by atoms with Crippen molar-refractivity contribution in [2.24, 2.45) is 0 Å². The summed E-state index contributed by atoms with van der Waals surface area (Å²) in [6.45, 7) is 3.79. The summed E-state index contributed by atoms with van der Waals surface area (Å²) in [5.74, 6) is -3.79. The van der Waals surface area contributed by atoms with Crippen LogP contribution in [0, 0.1) is 23.3 Å². The van der Waals surface area contributed by atoms with Gasteiger partial charge in [0.05, 0.1) is 22.3 Å². The maximum absolute atomic E-state index is 15.2. The summed E-state index contributed by atoms with van der Waals surface area (Å²) in [6.07, 6.45) is 1.62. The van der Waals surface area contributed by atoms with E-state index in [1.54, 1.807) is 48.3 Å². The second kappa shape index (κ2) is 11.4. The summed E-state index contributed by atoms with van der Waals surface area (Å²) >= 11 is 5.21. The third-order valence-electron chi connectivity index (χ3n) is 6.13. The van der Waals surface area contributed by atoms with E-state index >= 15 is 8.78 Å². The summed E-state index contributed by atoms with van der Waals surface area (Å²) in [4.78, 5) is 0. The molecule has 0 bridgehead atoms. The van der Waals surface area contributed by atoms with E-state index in [0.717, 1.165) is 6.07 Å². The minimum Gasteiger partial charge on any atom is -0.478 e. The molecule has 2 heterocycles. The van der Waals surface area contributed by atoms with E-state index in [1.807, 2.05) is 21.2 Å². The minimum atomic E-state index is -0.905. The normalized spacial score (nSPS) is 12.2. The van der Waals surface area contributed by atoms with Crippen LogP contribution < -0.4 is 9.47 Å². The Balaban J connectivity index is 1.55. The lowest BCUT2D eigenvalue weighted by atomic mass is 9.97. The van der Waals surface area contributed by atoms with Crippen LogP contribution in [0.5, 0.6) is 17.4 Å². The van der Waals surface area contributed by atoms with E-state index in [0.29, 0.717) is 21.2 Å². The van der Waals surface area contributed by atoms with E-state index in [9.17, 15) is 8.78 Å². The first-order chi connectivity index (χ1) is 18.7. The van der Waals surface area contributed by atoms with Crippen LogP contribution in [0.3, 0.4) is 0 Å². The molecule has 5 nitrogen and oxygen atoms in total. The fraction of sp³-hybridized carbons (Fsp3) is 0.148. The highest BCUT2D eigenvalue weighted by molar-refractivity contribution is 14.2. The predicted octanol–water partition coefficient (Wildman–Crippen LogP) is 9.33. The molecule has 5 aromatic rings. The van der Waals surface area contributed by atoms with Crippen molar-refractivity contribution in [3.05, 3.63) is 99.8 Å². The number of fused-ring (bicyclic) bond motifs is 1. The number of rotatable bonds is 8. The second-order valence-corrected chi connectivity index (χ2v) is 11.0. The summed E-state index contributed by atoms with van der Waals surface area (Å²) in [5, 5.41) is 4.69. The van der Waals surface area contributed by atoms with Gasteiger partial charge < -0.3 is 9.47 Å². The summed E-state index contributed by atoms with van der Waals surface area (Å²) in [7, 11) is 1.27. The van der Waals surface area contributed by atoms with E-state index in [2.05, 4.69) is 21.0 Å². The summed E-state index contributed by atoms with van der Waals surface area (Å²) in [6, 6.07) is 12.9. The molecule has 0 aliphatic rings. The van der Waals surface area contributed by atoms with Gasteiger partial charge in [0.2, 0.25) is 5.88 Å². The van der Waals surface area contributed by atoms with Crippen molar-refractivity contribution >= 4 is 57.2 Å². The molecule has 0 N–H and O–H groups in total. The SMILES string of the molecule is CCOc1cc(C(C)c2cccc(Br)c2F)nn1-c1cc(Oc2c(F)cc3c(ccn3SI)c2F)ccc1F. The zero-order valence-electron chi connectivity index (χ0n) is 20.4. The van der Waals surface area contributed by atoms with Crippen LogP contribution in [-0.4, -0.2) is 20.4 Å². The fourth-order valence-electron chi connectivity index (χ4n) is 4.19. The molecular formula is C27H19BrF4IN3O2S. The lowest BCUT2D eigenvalue weighted by Gasteiger charge is -2.13. The molecule has 202 valence electrons. The highest BCUT2D eigenvalue weighted by Gasteiger charge is 2.23. The molecule has 2 aromatic heterocycles. The van der Waals surface area contributed by atoms with Gasteiger partial charge in [-0.25, -0.2) is 17.6 Å². The Bertz CT molecular complexity index is 1690. The molecule has 0 saturated heterocycles. The first kappa shape index (κ1) is 27.8. The van der Waals surface area contributed by atoms with E-state index in [-0.39, 0.29) is 29.3 Å². The zero-order valence-corrected chi connectivity index (χ0v) is 25.0. The number of hydrogen-bond acceptors (Lipinski definition) is 4. The molecule has 0 aliphatic carbocycles. The average Bonchev–Trinajstić information content (AvgIpc) is 3.53. The Morgan fingerprint density at radius 1 is 1.03 bits per heavy atom. The topological polar surface area (TPSA) is 41.2 Å². The largest absolute Gasteiger partial charge is 0.478 e. The lowest BCUT2D eigenvalue weighted by molar-refractivity contribution is 0.315. The molecule has 0 saturated carbocycles. The molecule has 0 radical (unpaired) electrons. The summed E-state index contributed by atoms with van der Waals surface area (Å²) < 4.78 is 74.4. The molecule has 0 amide bonds. The van der Waals surface area contributed by atoms with Crippen LogP contribution in [0.2, 0.25) is 0 Å². The van der Waals surface area contributed by atoms with Gasteiger partial charge in [-0.05, 0) is 52.7 Å². The van der Waals surface area contributed by atoms with Crippen LogP contribution in [0.25, 0.3) is 16.6 Å². The molecule has 5 rings (SSSR count). The quantitative estimate of drug-likeness (QED) is 0.118. The first-order valence-electron chi connectivity index (χ1n) is 11.7. The Labute approximate surface area is 245 Å². The monoisotopic (exact) mass is 731 g/mol. The molecule has 1 unspecified atom stereocenters. The molecule has 12 heteroatoms. The molecular weight excluding hydrogens is 713 g/mol. The number of halogens is 6. The number of hydrogen-bond donors (Lipinski definition) is 0. The predicted molar refractivity (Wildman–Crippen MR) is 155 cm³/mol. The summed E-state index contributed by atoms with van der Waals surface area (Å²) in [5.41, 5.74) is 1.11. The third kappa shape index (κ3) is 5.25. The van der Waals surface area contributed by atoms with Crippen LogP contribution in [0.1, 0.15) is 31.0 Å².